The Hall–Kier alpha value is -2.83. The van der Waals surface area contributed by atoms with Crippen LogP contribution in [0.5, 0.6) is 11.5 Å². The van der Waals surface area contributed by atoms with Crippen molar-refractivity contribution in [3.8, 4) is 11.5 Å². The molecule has 114 valence electrons. The molecule has 7 nitrogen and oxygen atoms in total. The van der Waals surface area contributed by atoms with E-state index in [9.17, 15) is 4.79 Å². The van der Waals surface area contributed by atoms with Gasteiger partial charge in [0.15, 0.2) is 11.5 Å². The Bertz CT molecular complexity index is 636. The van der Waals surface area contributed by atoms with E-state index in [4.69, 9.17) is 9.47 Å². The van der Waals surface area contributed by atoms with Crippen LogP contribution in [0.1, 0.15) is 0 Å². The topological polar surface area (TPSA) is 85.4 Å². The largest absolute Gasteiger partial charge is 0.485 e. The Kier molecular flexibility index (Phi) is 4.33. The molecule has 1 aromatic heterocycles. The first-order chi connectivity index (χ1) is 10.8. The van der Waals surface area contributed by atoms with E-state index in [1.54, 1.807) is 24.7 Å². The molecule has 2 aromatic rings. The van der Waals surface area contributed by atoms with Gasteiger partial charge in [0, 0.05) is 25.5 Å². The van der Waals surface area contributed by atoms with Crippen molar-refractivity contribution in [3.63, 3.8) is 0 Å². The molecule has 1 atom stereocenters. The molecule has 0 bridgehead atoms. The average Bonchev–Trinajstić information content (AvgIpc) is 2.59. The average molecular weight is 300 g/mol. The van der Waals surface area contributed by atoms with E-state index in [1.807, 2.05) is 18.2 Å². The Labute approximate surface area is 127 Å². The predicted octanol–water partition coefficient (Wildman–Crippen LogP) is 0.845. The molecular weight excluding hydrogens is 284 g/mol. The summed E-state index contributed by atoms with van der Waals surface area (Å²) in [6, 6.07) is 7.30. The zero-order valence-electron chi connectivity index (χ0n) is 11.9. The summed E-state index contributed by atoms with van der Waals surface area (Å²) in [7, 11) is 0. The van der Waals surface area contributed by atoms with Crippen LogP contribution in [0.15, 0.2) is 42.9 Å². The molecule has 3 rings (SSSR count). The molecule has 1 aliphatic rings. The summed E-state index contributed by atoms with van der Waals surface area (Å²) in [5.74, 6) is 1.72. The van der Waals surface area contributed by atoms with Gasteiger partial charge in [0.1, 0.15) is 12.4 Å². The first-order valence-electron chi connectivity index (χ1n) is 6.99. The van der Waals surface area contributed by atoms with Crippen LogP contribution in [-0.4, -0.2) is 41.7 Å². The number of amides is 1. The molecule has 1 aliphatic heterocycles. The number of anilines is 1. The van der Waals surface area contributed by atoms with Gasteiger partial charge in [-0.15, -0.1) is 0 Å². The van der Waals surface area contributed by atoms with Gasteiger partial charge in [-0.25, -0.2) is 4.98 Å². The number of para-hydroxylation sites is 2. The summed E-state index contributed by atoms with van der Waals surface area (Å²) in [6.45, 7) is 1.21. The number of carbonyl (C=O) groups is 1. The van der Waals surface area contributed by atoms with Crippen molar-refractivity contribution in [2.75, 3.05) is 25.0 Å². The minimum atomic E-state index is -0.633. The second-order valence-corrected chi connectivity index (χ2v) is 4.67. The Morgan fingerprint density at radius 3 is 2.91 bits per heavy atom. The van der Waals surface area contributed by atoms with Crippen LogP contribution in [0.3, 0.4) is 0 Å². The zero-order valence-corrected chi connectivity index (χ0v) is 11.9. The van der Waals surface area contributed by atoms with Crippen LogP contribution < -0.4 is 20.1 Å². The molecule has 2 heterocycles. The van der Waals surface area contributed by atoms with E-state index < -0.39 is 6.10 Å². The summed E-state index contributed by atoms with van der Waals surface area (Å²) < 4.78 is 11.1. The normalized spacial score (nSPS) is 15.9. The number of carbonyl (C=O) groups excluding carboxylic acids is 1. The van der Waals surface area contributed by atoms with Gasteiger partial charge in [0.25, 0.3) is 5.91 Å². The van der Waals surface area contributed by atoms with Gasteiger partial charge in [-0.1, -0.05) is 12.1 Å². The van der Waals surface area contributed by atoms with E-state index in [0.29, 0.717) is 30.4 Å². The molecule has 7 heteroatoms. The summed E-state index contributed by atoms with van der Waals surface area (Å²) >= 11 is 0. The van der Waals surface area contributed by atoms with Gasteiger partial charge >= 0.3 is 0 Å². The molecule has 1 aromatic carbocycles. The highest BCUT2D eigenvalue weighted by Crippen LogP contribution is 2.30. The van der Waals surface area contributed by atoms with Crippen molar-refractivity contribution >= 4 is 11.7 Å². The van der Waals surface area contributed by atoms with Gasteiger partial charge in [-0.3, -0.25) is 9.78 Å². The van der Waals surface area contributed by atoms with E-state index in [2.05, 4.69) is 20.6 Å². The van der Waals surface area contributed by atoms with Crippen molar-refractivity contribution in [3.05, 3.63) is 42.9 Å². The lowest BCUT2D eigenvalue weighted by Gasteiger charge is -2.25. The Morgan fingerprint density at radius 1 is 1.23 bits per heavy atom. The van der Waals surface area contributed by atoms with Crippen LogP contribution in [0, 0.1) is 0 Å². The van der Waals surface area contributed by atoms with Crippen LogP contribution in [-0.2, 0) is 4.79 Å². The second-order valence-electron chi connectivity index (χ2n) is 4.67. The molecule has 1 amide bonds. The number of fused-ring (bicyclic) bond motifs is 1. The zero-order chi connectivity index (χ0) is 15.2. The monoisotopic (exact) mass is 300 g/mol. The molecule has 0 aliphatic carbocycles. The minimum absolute atomic E-state index is 0.199. The maximum absolute atomic E-state index is 12.0. The van der Waals surface area contributed by atoms with Crippen LogP contribution in [0.2, 0.25) is 0 Å². The van der Waals surface area contributed by atoms with Gasteiger partial charge in [0.2, 0.25) is 6.10 Å². The third-order valence-electron chi connectivity index (χ3n) is 3.09. The summed E-state index contributed by atoms with van der Waals surface area (Å²) in [5, 5.41) is 5.86. The van der Waals surface area contributed by atoms with Crippen molar-refractivity contribution in [1.82, 2.24) is 15.3 Å². The molecule has 2 N–H and O–H groups in total. The van der Waals surface area contributed by atoms with Crippen LogP contribution in [0.25, 0.3) is 0 Å². The predicted molar refractivity (Wildman–Crippen MR) is 79.9 cm³/mol. The second kappa shape index (κ2) is 6.75. The van der Waals surface area contributed by atoms with E-state index in [-0.39, 0.29) is 12.5 Å². The minimum Gasteiger partial charge on any atom is -0.485 e. The standard InChI is InChI=1S/C15H16N4O3/c20-15(19-8-7-18-14-9-16-5-6-17-14)13-10-21-11-3-1-2-4-12(11)22-13/h1-6,9,13H,7-8,10H2,(H,17,18)(H,19,20)/t13-/m1/s1. The summed E-state index contributed by atoms with van der Waals surface area (Å²) in [4.78, 5) is 20.1. The summed E-state index contributed by atoms with van der Waals surface area (Å²) in [6.07, 6.45) is 4.19. The Balaban J connectivity index is 1.43. The van der Waals surface area contributed by atoms with Crippen molar-refractivity contribution in [2.45, 2.75) is 6.10 Å². The molecular formula is C15H16N4O3. The third kappa shape index (κ3) is 3.43. The highest BCUT2D eigenvalue weighted by atomic mass is 16.6. The molecule has 0 saturated carbocycles. The SMILES string of the molecule is O=C(NCCNc1cnccn1)[C@H]1COc2ccccc2O1. The maximum Gasteiger partial charge on any atom is 0.264 e. The molecule has 22 heavy (non-hydrogen) atoms. The van der Waals surface area contributed by atoms with E-state index in [1.165, 1.54) is 0 Å². The van der Waals surface area contributed by atoms with Crippen molar-refractivity contribution < 1.29 is 14.3 Å². The van der Waals surface area contributed by atoms with E-state index >= 15 is 0 Å². The molecule has 0 unspecified atom stereocenters. The highest BCUT2D eigenvalue weighted by Gasteiger charge is 2.26. The lowest BCUT2D eigenvalue weighted by atomic mass is 10.2. The van der Waals surface area contributed by atoms with Gasteiger partial charge < -0.3 is 20.1 Å². The number of nitrogens with zero attached hydrogens (tertiary/aromatic N) is 2. The number of nitrogens with one attached hydrogen (secondary N) is 2. The number of rotatable bonds is 5. The molecule has 0 radical (unpaired) electrons. The van der Waals surface area contributed by atoms with E-state index in [0.717, 1.165) is 0 Å². The first-order valence-corrected chi connectivity index (χ1v) is 6.99. The number of hydrogen-bond acceptors (Lipinski definition) is 6. The molecule has 0 fully saturated rings. The maximum atomic E-state index is 12.0. The number of benzene rings is 1. The highest BCUT2D eigenvalue weighted by molar-refractivity contribution is 5.81. The quantitative estimate of drug-likeness (QED) is 0.796. The van der Waals surface area contributed by atoms with Crippen LogP contribution in [0.4, 0.5) is 5.82 Å². The summed E-state index contributed by atoms with van der Waals surface area (Å²) in [5.41, 5.74) is 0. The number of ether oxygens (including phenoxy) is 2. The van der Waals surface area contributed by atoms with Gasteiger partial charge in [-0.05, 0) is 12.1 Å². The first kappa shape index (κ1) is 14.1. The fraction of sp³-hybridized carbons (Fsp3) is 0.267. The van der Waals surface area contributed by atoms with Crippen molar-refractivity contribution in [2.24, 2.45) is 0 Å². The lowest BCUT2D eigenvalue weighted by molar-refractivity contribution is -0.130. The molecule has 0 spiro atoms. The lowest BCUT2D eigenvalue weighted by Crippen LogP contribution is -2.45. The smallest absolute Gasteiger partial charge is 0.264 e. The Morgan fingerprint density at radius 2 is 2.09 bits per heavy atom. The van der Waals surface area contributed by atoms with Gasteiger partial charge in [-0.2, -0.15) is 0 Å². The number of aromatic nitrogens is 2. The third-order valence-corrected chi connectivity index (χ3v) is 3.09. The fourth-order valence-electron chi connectivity index (χ4n) is 2.03. The van der Waals surface area contributed by atoms with Crippen molar-refractivity contribution in [1.29, 1.82) is 0 Å². The van der Waals surface area contributed by atoms with Gasteiger partial charge in [0.05, 0.1) is 6.20 Å². The fourth-order valence-corrected chi connectivity index (χ4v) is 2.03. The van der Waals surface area contributed by atoms with Crippen LogP contribution >= 0.6 is 0 Å². The molecule has 0 saturated heterocycles. The number of hydrogen-bond donors (Lipinski definition) is 2.